The summed E-state index contributed by atoms with van der Waals surface area (Å²) < 4.78 is 0. The minimum absolute atomic E-state index is 0. The molecule has 0 amide bonds. The largest absolute Gasteiger partial charge is 1.00 e. The van der Waals surface area contributed by atoms with Gasteiger partial charge in [0.1, 0.15) is 0 Å². The Bertz CT molecular complexity index is 321. The van der Waals surface area contributed by atoms with Crippen molar-refractivity contribution in [2.45, 2.75) is 142 Å². The van der Waals surface area contributed by atoms with E-state index in [9.17, 15) is 9.90 Å². The van der Waals surface area contributed by atoms with Crippen LogP contribution in [-0.2, 0) is 4.79 Å². The van der Waals surface area contributed by atoms with Crippen LogP contribution in [0.1, 0.15) is 136 Å². The van der Waals surface area contributed by atoms with Gasteiger partial charge in [0, 0.05) is 18.4 Å². The summed E-state index contributed by atoms with van der Waals surface area (Å²) in [6, 6.07) is 0.171. The molecule has 168 valence electrons. The molecule has 0 spiro atoms. The fourth-order valence-electron chi connectivity index (χ4n) is 4.07. The van der Waals surface area contributed by atoms with Crippen molar-refractivity contribution in [3.8, 4) is 0 Å². The zero-order chi connectivity index (χ0) is 20.9. The molecule has 0 aromatic rings. The van der Waals surface area contributed by atoms with E-state index in [0.29, 0.717) is 0 Å². The number of hydrogen-bond acceptors (Lipinski definition) is 3. The van der Waals surface area contributed by atoms with Gasteiger partial charge in [-0.1, -0.05) is 111 Å². The average molecular weight is 420 g/mol. The fourth-order valence-corrected chi connectivity index (χ4v) is 4.07. The number of carboxylic acids is 1. The molecule has 0 saturated heterocycles. The van der Waals surface area contributed by atoms with E-state index in [1.807, 2.05) is 0 Å². The molecule has 0 rings (SSSR count). The SMILES string of the molecule is CCCCCCCCCN(CCCCCCCCC)C(CCCC)CC(=O)[O-].[Na+]. The summed E-state index contributed by atoms with van der Waals surface area (Å²) in [6.07, 6.45) is 21.8. The number of nitrogens with zero attached hydrogens (tertiary/aromatic N) is 1. The molecule has 0 saturated carbocycles. The van der Waals surface area contributed by atoms with E-state index < -0.39 is 5.97 Å². The molecule has 0 heterocycles. The minimum atomic E-state index is -0.884. The first-order chi connectivity index (χ1) is 13.7. The molecule has 0 aliphatic carbocycles. The van der Waals surface area contributed by atoms with Gasteiger partial charge in [-0.15, -0.1) is 0 Å². The standard InChI is InChI=1S/C25H51NO2.Na/c1-4-7-10-12-14-16-18-21-26(22-19-17-15-13-11-8-5-2)24(20-9-6-3)23-25(27)28;/h24H,4-23H2,1-3H3,(H,27,28);/q;+1/p-1. The van der Waals surface area contributed by atoms with Crippen LogP contribution in [0, 0.1) is 0 Å². The van der Waals surface area contributed by atoms with E-state index in [0.717, 1.165) is 32.4 Å². The van der Waals surface area contributed by atoms with Crippen LogP contribution in [0.25, 0.3) is 0 Å². The maximum atomic E-state index is 11.3. The van der Waals surface area contributed by atoms with Gasteiger partial charge in [-0.25, -0.2) is 0 Å². The Labute approximate surface area is 205 Å². The molecule has 0 aliphatic rings. The smallest absolute Gasteiger partial charge is 0.550 e. The van der Waals surface area contributed by atoms with Crippen LogP contribution in [-0.4, -0.2) is 30.0 Å². The quantitative estimate of drug-likeness (QED) is 0.199. The van der Waals surface area contributed by atoms with E-state index >= 15 is 0 Å². The molecule has 0 fully saturated rings. The van der Waals surface area contributed by atoms with Gasteiger partial charge < -0.3 is 14.8 Å². The van der Waals surface area contributed by atoms with Crippen LogP contribution < -0.4 is 34.7 Å². The van der Waals surface area contributed by atoms with Gasteiger partial charge in [-0.2, -0.15) is 0 Å². The molecule has 0 aromatic carbocycles. The Morgan fingerprint density at radius 2 is 1.03 bits per heavy atom. The molecule has 1 atom stereocenters. The number of carbonyl (C=O) groups excluding carboxylic acids is 1. The molecular weight excluding hydrogens is 369 g/mol. The van der Waals surface area contributed by atoms with E-state index in [1.54, 1.807) is 0 Å². The van der Waals surface area contributed by atoms with Gasteiger partial charge >= 0.3 is 29.6 Å². The molecule has 0 aromatic heterocycles. The van der Waals surface area contributed by atoms with Crippen molar-refractivity contribution in [2.24, 2.45) is 0 Å². The molecule has 1 unspecified atom stereocenters. The molecule has 4 heteroatoms. The second-order valence-electron chi connectivity index (χ2n) is 8.65. The van der Waals surface area contributed by atoms with Crippen LogP contribution in [0.5, 0.6) is 0 Å². The first-order valence-corrected chi connectivity index (χ1v) is 12.6. The van der Waals surface area contributed by atoms with Gasteiger partial charge in [0.25, 0.3) is 0 Å². The molecular formula is C25H50NNaO2. The Kier molecular flexibility index (Phi) is 26.9. The third kappa shape index (κ3) is 21.4. The summed E-state index contributed by atoms with van der Waals surface area (Å²) in [5.74, 6) is -0.884. The maximum Gasteiger partial charge on any atom is 1.00 e. The van der Waals surface area contributed by atoms with E-state index in [1.165, 1.54) is 89.9 Å². The zero-order valence-electron chi connectivity index (χ0n) is 20.5. The number of unbranched alkanes of at least 4 members (excludes halogenated alkanes) is 13. The Morgan fingerprint density at radius 3 is 1.41 bits per heavy atom. The summed E-state index contributed by atoms with van der Waals surface area (Å²) in [5, 5.41) is 11.3. The first kappa shape index (κ1) is 31.6. The van der Waals surface area contributed by atoms with Crippen molar-refractivity contribution in [3.05, 3.63) is 0 Å². The number of carbonyl (C=O) groups is 1. The van der Waals surface area contributed by atoms with Crippen LogP contribution in [0.2, 0.25) is 0 Å². The predicted molar refractivity (Wildman–Crippen MR) is 120 cm³/mol. The number of carboxylic acid groups (broad SMARTS) is 1. The van der Waals surface area contributed by atoms with E-state index in [4.69, 9.17) is 0 Å². The monoisotopic (exact) mass is 419 g/mol. The number of rotatable bonds is 22. The number of hydrogen-bond donors (Lipinski definition) is 0. The average Bonchev–Trinajstić information content (AvgIpc) is 2.68. The van der Waals surface area contributed by atoms with Crippen molar-refractivity contribution in [2.75, 3.05) is 13.1 Å². The molecule has 0 N–H and O–H groups in total. The third-order valence-corrected chi connectivity index (χ3v) is 5.91. The predicted octanol–water partition coefficient (Wildman–Crippen LogP) is 3.49. The molecule has 3 nitrogen and oxygen atoms in total. The van der Waals surface area contributed by atoms with Crippen molar-refractivity contribution < 1.29 is 39.5 Å². The van der Waals surface area contributed by atoms with Gasteiger partial charge in [-0.3, -0.25) is 0 Å². The third-order valence-electron chi connectivity index (χ3n) is 5.91. The fraction of sp³-hybridized carbons (Fsp3) is 0.960. The van der Waals surface area contributed by atoms with Crippen molar-refractivity contribution >= 4 is 5.97 Å². The topological polar surface area (TPSA) is 43.4 Å². The second kappa shape index (κ2) is 24.7. The van der Waals surface area contributed by atoms with Crippen molar-refractivity contribution in [3.63, 3.8) is 0 Å². The van der Waals surface area contributed by atoms with E-state index in [-0.39, 0.29) is 42.0 Å². The van der Waals surface area contributed by atoms with Crippen LogP contribution in [0.3, 0.4) is 0 Å². The van der Waals surface area contributed by atoms with Crippen molar-refractivity contribution in [1.82, 2.24) is 4.90 Å². The summed E-state index contributed by atoms with van der Waals surface area (Å²) in [5.41, 5.74) is 0. The minimum Gasteiger partial charge on any atom is -0.550 e. The Balaban J connectivity index is 0. The summed E-state index contributed by atoms with van der Waals surface area (Å²) >= 11 is 0. The maximum absolute atomic E-state index is 11.3. The van der Waals surface area contributed by atoms with Crippen LogP contribution in [0.4, 0.5) is 0 Å². The van der Waals surface area contributed by atoms with Crippen molar-refractivity contribution in [1.29, 1.82) is 0 Å². The summed E-state index contributed by atoms with van der Waals surface area (Å²) in [6.45, 7) is 8.83. The molecule has 0 radical (unpaired) electrons. The van der Waals surface area contributed by atoms with Gasteiger partial charge in [0.2, 0.25) is 0 Å². The number of aliphatic carboxylic acids is 1. The van der Waals surface area contributed by atoms with E-state index in [2.05, 4.69) is 25.7 Å². The summed E-state index contributed by atoms with van der Waals surface area (Å²) in [7, 11) is 0. The Morgan fingerprint density at radius 1 is 0.655 bits per heavy atom. The molecule has 0 aliphatic heterocycles. The van der Waals surface area contributed by atoms with Gasteiger partial charge in [-0.05, 0) is 32.4 Å². The van der Waals surface area contributed by atoms with Crippen LogP contribution in [0.15, 0.2) is 0 Å². The normalized spacial score (nSPS) is 12.1. The van der Waals surface area contributed by atoms with Gasteiger partial charge in [0.05, 0.1) is 0 Å². The molecule has 0 bridgehead atoms. The van der Waals surface area contributed by atoms with Gasteiger partial charge in [0.15, 0.2) is 0 Å². The summed E-state index contributed by atoms with van der Waals surface area (Å²) in [4.78, 5) is 13.8. The molecule has 29 heavy (non-hydrogen) atoms. The first-order valence-electron chi connectivity index (χ1n) is 12.6. The zero-order valence-corrected chi connectivity index (χ0v) is 22.5. The Hall–Kier alpha value is 0.430. The second-order valence-corrected chi connectivity index (χ2v) is 8.65. The van der Waals surface area contributed by atoms with Crippen LogP contribution >= 0.6 is 0 Å².